The Morgan fingerprint density at radius 3 is 2.12 bits per heavy atom. The van der Waals surface area contributed by atoms with Crippen molar-refractivity contribution in [3.8, 4) is 11.5 Å². The van der Waals surface area contributed by atoms with Crippen molar-refractivity contribution in [1.29, 1.82) is 0 Å². The molecule has 0 aliphatic heterocycles. The Hall–Kier alpha value is -2.60. The van der Waals surface area contributed by atoms with Crippen LogP contribution in [-0.4, -0.2) is 83.0 Å². The lowest BCUT2D eigenvalue weighted by Crippen LogP contribution is -2.44. The van der Waals surface area contributed by atoms with E-state index < -0.39 is 23.7 Å². The van der Waals surface area contributed by atoms with Crippen LogP contribution in [0.5, 0.6) is 11.5 Å². The molecule has 0 bridgehead atoms. The fourth-order valence-electron chi connectivity index (χ4n) is 2.48. The van der Waals surface area contributed by atoms with Crippen LogP contribution in [0.2, 0.25) is 0 Å². The van der Waals surface area contributed by atoms with Gasteiger partial charge in [-0.2, -0.15) is 0 Å². The molecule has 0 aliphatic rings. The molecule has 0 aliphatic carbocycles. The number of nitrogens with one attached hydrogen (secondary N) is 1. The Labute approximate surface area is 194 Å². The van der Waals surface area contributed by atoms with Crippen molar-refractivity contribution in [1.82, 2.24) is 5.32 Å². The van der Waals surface area contributed by atoms with Gasteiger partial charge in [0.25, 0.3) is 0 Å². The van der Waals surface area contributed by atoms with Crippen LogP contribution in [0.4, 0.5) is 4.79 Å². The summed E-state index contributed by atoms with van der Waals surface area (Å²) in [6.07, 6.45) is -0.914. The van der Waals surface area contributed by atoms with Crippen molar-refractivity contribution in [3.05, 3.63) is 23.8 Å². The zero-order valence-electron chi connectivity index (χ0n) is 19.9. The lowest BCUT2D eigenvalue weighted by molar-refractivity contribution is -0.139. The van der Waals surface area contributed by atoms with Crippen molar-refractivity contribution in [3.63, 3.8) is 0 Å². The van der Waals surface area contributed by atoms with Gasteiger partial charge in [-0.1, -0.05) is 12.1 Å². The lowest BCUT2D eigenvalue weighted by Gasteiger charge is -2.23. The van der Waals surface area contributed by atoms with Crippen LogP contribution in [0, 0.1) is 0 Å². The van der Waals surface area contributed by atoms with Crippen LogP contribution < -0.4 is 14.8 Å². The maximum Gasteiger partial charge on any atom is 0.408 e. The van der Waals surface area contributed by atoms with E-state index in [-0.39, 0.29) is 25.8 Å². The second-order valence-corrected chi connectivity index (χ2v) is 7.81. The first-order chi connectivity index (χ1) is 15.7. The van der Waals surface area contributed by atoms with Gasteiger partial charge in [0.1, 0.15) is 11.6 Å². The first-order valence-electron chi connectivity index (χ1n) is 10.4. The summed E-state index contributed by atoms with van der Waals surface area (Å²) < 4.78 is 37.1. The highest BCUT2D eigenvalue weighted by Crippen LogP contribution is 2.32. The normalized spacial score (nSPS) is 12.2. The monoisotopic (exact) mass is 473 g/mol. The summed E-state index contributed by atoms with van der Waals surface area (Å²) in [7, 11) is 3.12. The largest absolute Gasteiger partial charge is 0.480 e. The SMILES string of the molecule is COCCOCOc1cccc(C[C@H](NC(=O)OC(C)(C)C)C(=O)O)c1OCOCCOC. The molecular weight excluding hydrogens is 438 g/mol. The van der Waals surface area contributed by atoms with E-state index in [0.29, 0.717) is 37.7 Å². The average Bonchev–Trinajstić information content (AvgIpc) is 2.72. The molecule has 1 amide bonds. The number of carboxylic acids is 1. The third-order valence-electron chi connectivity index (χ3n) is 3.92. The van der Waals surface area contributed by atoms with E-state index in [4.69, 9.17) is 33.2 Å². The van der Waals surface area contributed by atoms with Gasteiger partial charge in [0.2, 0.25) is 0 Å². The van der Waals surface area contributed by atoms with Crippen LogP contribution in [0.15, 0.2) is 18.2 Å². The second-order valence-electron chi connectivity index (χ2n) is 7.81. The zero-order chi connectivity index (χ0) is 24.7. The van der Waals surface area contributed by atoms with Gasteiger partial charge in [-0.15, -0.1) is 0 Å². The minimum atomic E-state index is -1.26. The van der Waals surface area contributed by atoms with Crippen LogP contribution in [0.3, 0.4) is 0 Å². The van der Waals surface area contributed by atoms with Crippen LogP contribution in [0.1, 0.15) is 26.3 Å². The van der Waals surface area contributed by atoms with Crippen molar-refractivity contribution >= 4 is 12.1 Å². The minimum Gasteiger partial charge on any atom is -0.480 e. The molecule has 0 saturated heterocycles. The Kier molecular flexibility index (Phi) is 13.2. The molecule has 1 atom stereocenters. The minimum absolute atomic E-state index is 0.0633. The number of para-hydroxylation sites is 1. The molecule has 33 heavy (non-hydrogen) atoms. The number of amides is 1. The zero-order valence-corrected chi connectivity index (χ0v) is 19.9. The molecule has 0 unspecified atom stereocenters. The predicted octanol–water partition coefficient (Wildman–Crippen LogP) is 2.21. The summed E-state index contributed by atoms with van der Waals surface area (Å²) >= 11 is 0. The summed E-state index contributed by atoms with van der Waals surface area (Å²) in [5.74, 6) is -0.610. The number of hydrogen-bond donors (Lipinski definition) is 2. The van der Waals surface area contributed by atoms with Crippen molar-refractivity contribution < 1.29 is 47.9 Å². The van der Waals surface area contributed by atoms with E-state index in [1.54, 1.807) is 53.2 Å². The van der Waals surface area contributed by atoms with E-state index in [2.05, 4.69) is 5.32 Å². The molecule has 0 fully saturated rings. The summed E-state index contributed by atoms with van der Waals surface area (Å²) in [5.41, 5.74) is -0.277. The molecule has 0 radical (unpaired) electrons. The summed E-state index contributed by atoms with van der Waals surface area (Å²) in [4.78, 5) is 23.9. The molecular formula is C22H35NO10. The van der Waals surface area contributed by atoms with Crippen molar-refractivity contribution in [2.45, 2.75) is 38.8 Å². The molecule has 1 aromatic carbocycles. The van der Waals surface area contributed by atoms with E-state index in [0.717, 1.165) is 0 Å². The molecule has 1 rings (SSSR count). The maximum atomic E-state index is 12.1. The third-order valence-corrected chi connectivity index (χ3v) is 3.92. The fourth-order valence-corrected chi connectivity index (χ4v) is 2.48. The number of benzene rings is 1. The second kappa shape index (κ2) is 15.3. The number of aliphatic carboxylic acids is 1. The predicted molar refractivity (Wildman–Crippen MR) is 118 cm³/mol. The first-order valence-corrected chi connectivity index (χ1v) is 10.4. The van der Waals surface area contributed by atoms with Gasteiger partial charge in [0.15, 0.2) is 25.1 Å². The topological polar surface area (TPSA) is 131 Å². The smallest absolute Gasteiger partial charge is 0.408 e. The highest BCUT2D eigenvalue weighted by Gasteiger charge is 2.26. The number of carbonyl (C=O) groups excluding carboxylic acids is 1. The summed E-state index contributed by atoms with van der Waals surface area (Å²) in [6, 6.07) is 3.76. The maximum absolute atomic E-state index is 12.1. The number of carboxylic acid groups (broad SMARTS) is 1. The molecule has 0 spiro atoms. The van der Waals surface area contributed by atoms with Gasteiger partial charge >= 0.3 is 12.1 Å². The van der Waals surface area contributed by atoms with Gasteiger partial charge in [0, 0.05) is 26.2 Å². The van der Waals surface area contributed by atoms with Crippen molar-refractivity contribution in [2.24, 2.45) is 0 Å². The molecule has 2 N–H and O–H groups in total. The van der Waals surface area contributed by atoms with E-state index in [1.165, 1.54) is 0 Å². The molecule has 1 aromatic rings. The molecule has 0 heterocycles. The number of rotatable bonds is 16. The number of carbonyl (C=O) groups is 2. The summed E-state index contributed by atoms with van der Waals surface area (Å²) in [6.45, 7) is 6.35. The van der Waals surface area contributed by atoms with Crippen LogP contribution in [0.25, 0.3) is 0 Å². The van der Waals surface area contributed by atoms with Gasteiger partial charge in [-0.25, -0.2) is 9.59 Å². The lowest BCUT2D eigenvalue weighted by atomic mass is 10.0. The third kappa shape index (κ3) is 12.3. The van der Waals surface area contributed by atoms with Crippen LogP contribution in [-0.2, 0) is 34.9 Å². The fraction of sp³-hybridized carbons (Fsp3) is 0.636. The van der Waals surface area contributed by atoms with E-state index >= 15 is 0 Å². The van der Waals surface area contributed by atoms with Gasteiger partial charge in [-0.3, -0.25) is 0 Å². The Morgan fingerprint density at radius 1 is 0.970 bits per heavy atom. The van der Waals surface area contributed by atoms with E-state index in [1.807, 2.05) is 0 Å². The Balaban J connectivity index is 2.97. The van der Waals surface area contributed by atoms with Crippen LogP contribution >= 0.6 is 0 Å². The quantitative estimate of drug-likeness (QED) is 0.272. The van der Waals surface area contributed by atoms with Gasteiger partial charge in [0.05, 0.1) is 26.4 Å². The standard InChI is InChI=1S/C22H35NO10/c1-22(2,3)33-21(26)23-17(20(24)25)13-16-7-6-8-18(31-14-29-11-9-27-4)19(16)32-15-30-12-10-28-5/h6-8,17H,9-15H2,1-5H3,(H,23,26)(H,24,25)/t17-/m0/s1. The number of ether oxygens (including phenoxy) is 7. The van der Waals surface area contributed by atoms with Gasteiger partial charge in [-0.05, 0) is 26.8 Å². The molecule has 0 aromatic heterocycles. The number of hydrogen-bond acceptors (Lipinski definition) is 9. The Morgan fingerprint density at radius 2 is 1.58 bits per heavy atom. The number of alkyl carbamates (subject to hydrolysis) is 1. The van der Waals surface area contributed by atoms with Crippen molar-refractivity contribution in [2.75, 3.05) is 54.2 Å². The highest BCUT2D eigenvalue weighted by molar-refractivity contribution is 5.80. The average molecular weight is 474 g/mol. The van der Waals surface area contributed by atoms with E-state index in [9.17, 15) is 14.7 Å². The Bertz CT molecular complexity index is 720. The molecule has 0 saturated carbocycles. The number of methoxy groups -OCH3 is 2. The molecule has 188 valence electrons. The molecule has 11 heteroatoms. The first kappa shape index (κ1) is 28.4. The molecule has 11 nitrogen and oxygen atoms in total. The highest BCUT2D eigenvalue weighted by atomic mass is 16.7. The van der Waals surface area contributed by atoms with Gasteiger partial charge < -0.3 is 43.6 Å². The summed E-state index contributed by atoms with van der Waals surface area (Å²) in [5, 5.41) is 12.0.